The number of carbonyl (C=O) groups is 1. The lowest BCUT2D eigenvalue weighted by atomic mass is 9.72. The number of hydrogen-bond acceptors (Lipinski definition) is 4. The Morgan fingerprint density at radius 1 is 1.18 bits per heavy atom. The van der Waals surface area contributed by atoms with Gasteiger partial charge in [0.2, 0.25) is 11.9 Å². The van der Waals surface area contributed by atoms with E-state index < -0.39 is 11.5 Å². The Bertz CT molecular complexity index is 505. The summed E-state index contributed by atoms with van der Waals surface area (Å²) in [6, 6.07) is 3.00. The number of aliphatic imine (C=N–C) groups is 1. The van der Waals surface area contributed by atoms with Crippen molar-refractivity contribution in [1.29, 1.82) is 5.26 Å². The number of nitriles is 1. The molecule has 2 heterocycles. The molecule has 0 aromatic carbocycles. The van der Waals surface area contributed by atoms with E-state index in [9.17, 15) is 10.1 Å². The normalized spacial score (nSPS) is 34.8. The molecule has 3 aliphatic rings. The molecule has 0 unspecified atom stereocenters. The van der Waals surface area contributed by atoms with Gasteiger partial charge >= 0.3 is 0 Å². The first-order valence-electron chi connectivity index (χ1n) is 8.66. The number of amides is 1. The molecule has 1 saturated heterocycles. The lowest BCUT2D eigenvalue weighted by molar-refractivity contribution is -0.125. The van der Waals surface area contributed by atoms with Gasteiger partial charge < -0.3 is 4.90 Å². The number of guanidine groups is 1. The van der Waals surface area contributed by atoms with Crippen molar-refractivity contribution in [2.75, 3.05) is 0 Å². The Morgan fingerprint density at radius 3 is 2.41 bits per heavy atom. The predicted octanol–water partition coefficient (Wildman–Crippen LogP) is 2.58. The molecule has 5 nitrogen and oxygen atoms in total. The van der Waals surface area contributed by atoms with Crippen molar-refractivity contribution in [1.82, 2.24) is 10.2 Å². The Morgan fingerprint density at radius 2 is 1.82 bits per heavy atom. The highest BCUT2D eigenvalue weighted by Gasteiger charge is 2.48. The van der Waals surface area contributed by atoms with E-state index in [-0.39, 0.29) is 5.91 Å². The van der Waals surface area contributed by atoms with Crippen LogP contribution in [-0.4, -0.2) is 34.4 Å². The molecule has 1 amide bonds. The summed E-state index contributed by atoms with van der Waals surface area (Å²) < 4.78 is 0. The zero-order valence-electron chi connectivity index (χ0n) is 13.6. The smallest absolute Gasteiger partial charge is 0.246 e. The number of piperidine rings is 1. The van der Waals surface area contributed by atoms with Crippen LogP contribution in [0.4, 0.5) is 0 Å². The first-order chi connectivity index (χ1) is 10.6. The van der Waals surface area contributed by atoms with Crippen LogP contribution < -0.4 is 5.32 Å². The number of carbonyl (C=O) groups excluding carboxylic acids is 1. The van der Waals surface area contributed by atoms with Gasteiger partial charge in [-0.1, -0.05) is 19.3 Å². The lowest BCUT2D eigenvalue weighted by Crippen LogP contribution is -2.61. The van der Waals surface area contributed by atoms with E-state index in [1.807, 2.05) is 0 Å². The molecule has 120 valence electrons. The molecular weight excluding hydrogens is 276 g/mol. The van der Waals surface area contributed by atoms with Crippen molar-refractivity contribution in [3.05, 3.63) is 0 Å². The van der Waals surface area contributed by atoms with Crippen LogP contribution in [0.25, 0.3) is 0 Å². The molecule has 0 radical (unpaired) electrons. The maximum absolute atomic E-state index is 12.5. The standard InChI is InChI=1S/C17H26N4O/c1-12-7-6-8-13(2)21(12)16-19-15(22)14(11-18)17(20-16)9-4-3-5-10-17/h12-14H,3-10H2,1-2H3,(H,19,20,22)/t12-,13-,14-/m1/s1. The summed E-state index contributed by atoms with van der Waals surface area (Å²) in [6.07, 6.45) is 8.52. The predicted molar refractivity (Wildman–Crippen MR) is 85.1 cm³/mol. The minimum absolute atomic E-state index is 0.153. The molecule has 1 N–H and O–H groups in total. The molecule has 0 bridgehead atoms. The molecule has 5 heteroatoms. The summed E-state index contributed by atoms with van der Waals surface area (Å²) in [4.78, 5) is 19.8. The summed E-state index contributed by atoms with van der Waals surface area (Å²) in [5.41, 5.74) is -0.485. The van der Waals surface area contributed by atoms with Crippen LogP contribution >= 0.6 is 0 Å². The maximum atomic E-state index is 12.5. The summed E-state index contributed by atoms with van der Waals surface area (Å²) in [5, 5.41) is 12.4. The molecule has 1 saturated carbocycles. The van der Waals surface area contributed by atoms with Gasteiger partial charge in [-0.2, -0.15) is 5.26 Å². The highest BCUT2D eigenvalue weighted by Crippen LogP contribution is 2.40. The quantitative estimate of drug-likeness (QED) is 0.747. The summed E-state index contributed by atoms with van der Waals surface area (Å²) in [6.45, 7) is 4.41. The van der Waals surface area contributed by atoms with Crippen LogP contribution in [0, 0.1) is 17.2 Å². The van der Waals surface area contributed by atoms with Crippen molar-refractivity contribution >= 4 is 11.9 Å². The lowest BCUT2D eigenvalue weighted by Gasteiger charge is -2.46. The fourth-order valence-electron chi connectivity index (χ4n) is 4.43. The average molecular weight is 302 g/mol. The molecule has 22 heavy (non-hydrogen) atoms. The molecule has 0 aromatic heterocycles. The fraction of sp³-hybridized carbons (Fsp3) is 0.824. The van der Waals surface area contributed by atoms with Gasteiger partial charge in [-0.15, -0.1) is 0 Å². The fourth-order valence-corrected chi connectivity index (χ4v) is 4.43. The van der Waals surface area contributed by atoms with Crippen molar-refractivity contribution in [2.24, 2.45) is 10.9 Å². The van der Waals surface area contributed by atoms with Crippen LogP contribution in [0.15, 0.2) is 4.99 Å². The van der Waals surface area contributed by atoms with Crippen molar-refractivity contribution < 1.29 is 4.79 Å². The van der Waals surface area contributed by atoms with Crippen molar-refractivity contribution in [3.63, 3.8) is 0 Å². The van der Waals surface area contributed by atoms with Gasteiger partial charge in [0.25, 0.3) is 0 Å². The molecular formula is C17H26N4O. The van der Waals surface area contributed by atoms with Crippen LogP contribution in [0.2, 0.25) is 0 Å². The molecule has 3 rings (SSSR count). The van der Waals surface area contributed by atoms with Crippen LogP contribution in [0.1, 0.15) is 65.2 Å². The molecule has 3 atom stereocenters. The third-order valence-electron chi connectivity index (χ3n) is 5.65. The number of nitrogens with one attached hydrogen (secondary N) is 1. The Balaban J connectivity index is 1.97. The summed E-state index contributed by atoms with van der Waals surface area (Å²) >= 11 is 0. The van der Waals surface area contributed by atoms with Gasteiger partial charge in [0.05, 0.1) is 11.6 Å². The zero-order valence-corrected chi connectivity index (χ0v) is 13.6. The van der Waals surface area contributed by atoms with Gasteiger partial charge in [-0.25, -0.2) is 4.99 Å². The number of nitrogens with zero attached hydrogens (tertiary/aromatic N) is 3. The van der Waals surface area contributed by atoms with E-state index in [0.29, 0.717) is 12.1 Å². The first kappa shape index (κ1) is 15.3. The second-order valence-corrected chi connectivity index (χ2v) is 7.19. The molecule has 1 spiro atoms. The second-order valence-electron chi connectivity index (χ2n) is 7.19. The van der Waals surface area contributed by atoms with Crippen LogP contribution in [-0.2, 0) is 4.79 Å². The third-order valence-corrected chi connectivity index (χ3v) is 5.65. The summed E-state index contributed by atoms with van der Waals surface area (Å²) in [7, 11) is 0. The zero-order chi connectivity index (χ0) is 15.7. The van der Waals surface area contributed by atoms with Crippen LogP contribution in [0.3, 0.4) is 0 Å². The largest absolute Gasteiger partial charge is 0.337 e. The third kappa shape index (κ3) is 2.49. The van der Waals surface area contributed by atoms with E-state index >= 15 is 0 Å². The maximum Gasteiger partial charge on any atom is 0.246 e. The topological polar surface area (TPSA) is 68.5 Å². The van der Waals surface area contributed by atoms with E-state index in [4.69, 9.17) is 4.99 Å². The van der Waals surface area contributed by atoms with Crippen molar-refractivity contribution in [3.8, 4) is 6.07 Å². The van der Waals surface area contributed by atoms with Gasteiger partial charge in [-0.3, -0.25) is 10.1 Å². The first-order valence-corrected chi connectivity index (χ1v) is 8.66. The Hall–Kier alpha value is -1.57. The van der Waals surface area contributed by atoms with E-state index in [1.54, 1.807) is 0 Å². The van der Waals surface area contributed by atoms with E-state index in [2.05, 4.69) is 30.1 Å². The summed E-state index contributed by atoms with van der Waals surface area (Å²) in [5.74, 6) is -0.0653. The van der Waals surface area contributed by atoms with Gasteiger partial charge in [0.15, 0.2) is 5.92 Å². The molecule has 0 aromatic rings. The van der Waals surface area contributed by atoms with Gasteiger partial charge in [0.1, 0.15) is 0 Å². The Kier molecular flexibility index (Phi) is 4.12. The highest BCUT2D eigenvalue weighted by molar-refractivity contribution is 6.02. The van der Waals surface area contributed by atoms with Crippen LogP contribution in [0.5, 0.6) is 0 Å². The number of rotatable bonds is 0. The van der Waals surface area contributed by atoms with Gasteiger partial charge in [-0.05, 0) is 46.0 Å². The molecule has 1 aliphatic carbocycles. The van der Waals surface area contributed by atoms with Crippen molar-refractivity contribution in [2.45, 2.75) is 82.8 Å². The second kappa shape index (κ2) is 5.91. The SMILES string of the molecule is C[C@@H]1CCC[C@@H](C)N1C1=NC2(CCCCC2)[C@H](C#N)C(=O)N1. The minimum atomic E-state index is -0.632. The molecule has 2 aliphatic heterocycles. The van der Waals surface area contributed by atoms with E-state index in [1.165, 1.54) is 12.8 Å². The van der Waals surface area contributed by atoms with Gasteiger partial charge in [0, 0.05) is 12.1 Å². The average Bonchev–Trinajstić information content (AvgIpc) is 2.47. The minimum Gasteiger partial charge on any atom is -0.337 e. The number of likely N-dealkylation sites (tertiary alicyclic amines) is 1. The highest BCUT2D eigenvalue weighted by atomic mass is 16.2. The monoisotopic (exact) mass is 302 g/mol. The number of hydrogen-bond donors (Lipinski definition) is 1. The Labute approximate surface area is 132 Å². The van der Waals surface area contributed by atoms with E-state index in [0.717, 1.165) is 44.5 Å². The molecule has 2 fully saturated rings.